The summed E-state index contributed by atoms with van der Waals surface area (Å²) in [4.78, 5) is 17.8. The van der Waals surface area contributed by atoms with Gasteiger partial charge in [-0.1, -0.05) is 11.8 Å². The molecule has 96 valence electrons. The van der Waals surface area contributed by atoms with Crippen molar-refractivity contribution < 1.29 is 4.79 Å². The molecule has 1 heterocycles. The number of aromatic nitrogens is 1. The second-order valence-electron chi connectivity index (χ2n) is 4.03. The third-order valence-corrected chi connectivity index (χ3v) is 2.18. The van der Waals surface area contributed by atoms with Crippen molar-refractivity contribution in [2.45, 2.75) is 0 Å². The van der Waals surface area contributed by atoms with E-state index in [1.54, 1.807) is 12.3 Å². The predicted molar refractivity (Wildman–Crippen MR) is 71.1 cm³/mol. The van der Waals surface area contributed by atoms with E-state index >= 15 is 0 Å². The van der Waals surface area contributed by atoms with Gasteiger partial charge in [-0.3, -0.25) is 9.78 Å². The summed E-state index contributed by atoms with van der Waals surface area (Å²) in [6.45, 7) is 1.69. The minimum Gasteiger partial charge on any atom is -0.351 e. The second-order valence-corrected chi connectivity index (χ2v) is 4.03. The fraction of sp³-hybridized carbons (Fsp3) is 0.385. The number of hydrogen-bond acceptors (Lipinski definition) is 4. The summed E-state index contributed by atoms with van der Waals surface area (Å²) in [5.74, 6) is 5.44. The molecule has 0 unspecified atom stereocenters. The van der Waals surface area contributed by atoms with Gasteiger partial charge in [-0.05, 0) is 20.2 Å². The molecule has 0 saturated heterocycles. The standard InChI is InChI=1S/C13H18N4O/c1-17(2)7-6-16-13(18)12-8-11(4-3-5-14)9-15-10-12/h8-10H,5-7,14H2,1-2H3,(H,16,18). The molecule has 0 spiro atoms. The second kappa shape index (κ2) is 7.43. The highest BCUT2D eigenvalue weighted by molar-refractivity contribution is 5.94. The van der Waals surface area contributed by atoms with E-state index in [1.807, 2.05) is 19.0 Å². The van der Waals surface area contributed by atoms with Crippen LogP contribution in [0.15, 0.2) is 18.5 Å². The van der Waals surface area contributed by atoms with E-state index in [4.69, 9.17) is 5.73 Å². The number of carbonyl (C=O) groups excluding carboxylic acids is 1. The van der Waals surface area contributed by atoms with E-state index in [0.29, 0.717) is 24.2 Å². The normalized spacial score (nSPS) is 9.78. The van der Waals surface area contributed by atoms with Gasteiger partial charge in [0.25, 0.3) is 5.91 Å². The van der Waals surface area contributed by atoms with Crippen molar-refractivity contribution in [2.24, 2.45) is 5.73 Å². The molecule has 0 aromatic carbocycles. The number of nitrogens with zero attached hydrogens (tertiary/aromatic N) is 2. The molecular formula is C13H18N4O. The van der Waals surface area contributed by atoms with Gasteiger partial charge in [0, 0.05) is 31.0 Å². The molecule has 0 aliphatic carbocycles. The van der Waals surface area contributed by atoms with Gasteiger partial charge in [-0.25, -0.2) is 0 Å². The Morgan fingerprint density at radius 3 is 2.94 bits per heavy atom. The van der Waals surface area contributed by atoms with Crippen molar-refractivity contribution >= 4 is 5.91 Å². The molecule has 1 rings (SSSR count). The fourth-order valence-electron chi connectivity index (χ4n) is 1.28. The molecular weight excluding hydrogens is 228 g/mol. The quantitative estimate of drug-likeness (QED) is 0.715. The molecule has 18 heavy (non-hydrogen) atoms. The molecule has 0 saturated carbocycles. The van der Waals surface area contributed by atoms with Crippen LogP contribution in [0.5, 0.6) is 0 Å². The van der Waals surface area contributed by atoms with Crippen LogP contribution in [0.1, 0.15) is 15.9 Å². The molecule has 1 aromatic rings. The Hall–Kier alpha value is -1.90. The molecule has 0 atom stereocenters. The number of hydrogen-bond donors (Lipinski definition) is 2. The molecule has 5 nitrogen and oxygen atoms in total. The topological polar surface area (TPSA) is 71.2 Å². The van der Waals surface area contributed by atoms with Gasteiger partial charge in [0.2, 0.25) is 0 Å². The third-order valence-electron chi connectivity index (χ3n) is 2.18. The van der Waals surface area contributed by atoms with Crippen LogP contribution in [-0.2, 0) is 0 Å². The van der Waals surface area contributed by atoms with E-state index in [9.17, 15) is 4.79 Å². The van der Waals surface area contributed by atoms with Crippen molar-refractivity contribution in [1.29, 1.82) is 0 Å². The number of pyridine rings is 1. The summed E-state index contributed by atoms with van der Waals surface area (Å²) in [6.07, 6.45) is 3.14. The minimum atomic E-state index is -0.138. The zero-order chi connectivity index (χ0) is 13.4. The maximum atomic E-state index is 11.8. The lowest BCUT2D eigenvalue weighted by Crippen LogP contribution is -2.31. The van der Waals surface area contributed by atoms with E-state index < -0.39 is 0 Å². The van der Waals surface area contributed by atoms with E-state index in [-0.39, 0.29) is 5.91 Å². The van der Waals surface area contributed by atoms with Crippen LogP contribution in [0.3, 0.4) is 0 Å². The molecule has 0 bridgehead atoms. The van der Waals surface area contributed by atoms with Gasteiger partial charge in [-0.15, -0.1) is 0 Å². The molecule has 0 fully saturated rings. The average molecular weight is 246 g/mol. The number of nitrogens with one attached hydrogen (secondary N) is 1. The monoisotopic (exact) mass is 246 g/mol. The van der Waals surface area contributed by atoms with E-state index in [2.05, 4.69) is 22.1 Å². The third kappa shape index (κ3) is 4.95. The maximum Gasteiger partial charge on any atom is 0.252 e. The van der Waals surface area contributed by atoms with Crippen LogP contribution < -0.4 is 11.1 Å². The van der Waals surface area contributed by atoms with Crippen LogP contribution in [0.2, 0.25) is 0 Å². The molecule has 1 amide bonds. The molecule has 1 aromatic heterocycles. The fourth-order valence-corrected chi connectivity index (χ4v) is 1.28. The van der Waals surface area contributed by atoms with Crippen LogP contribution in [0.4, 0.5) is 0 Å². The summed E-state index contributed by atoms with van der Waals surface area (Å²) < 4.78 is 0. The summed E-state index contributed by atoms with van der Waals surface area (Å²) in [5.41, 5.74) is 6.50. The highest BCUT2D eigenvalue weighted by Crippen LogP contribution is 2.01. The lowest BCUT2D eigenvalue weighted by atomic mass is 10.2. The van der Waals surface area contributed by atoms with Crippen molar-refractivity contribution in [2.75, 3.05) is 33.7 Å². The number of nitrogens with two attached hydrogens (primary N) is 1. The maximum absolute atomic E-state index is 11.8. The summed E-state index contributed by atoms with van der Waals surface area (Å²) in [6, 6.07) is 1.71. The van der Waals surface area contributed by atoms with Crippen LogP contribution in [0.25, 0.3) is 0 Å². The van der Waals surface area contributed by atoms with E-state index in [0.717, 1.165) is 6.54 Å². The van der Waals surface area contributed by atoms with Crippen LogP contribution in [0, 0.1) is 11.8 Å². The average Bonchev–Trinajstić information content (AvgIpc) is 2.36. The number of likely N-dealkylation sites (N-methyl/N-ethyl adjacent to an activating group) is 1. The van der Waals surface area contributed by atoms with Crippen molar-refractivity contribution in [3.63, 3.8) is 0 Å². The van der Waals surface area contributed by atoms with Gasteiger partial charge < -0.3 is 16.0 Å². The van der Waals surface area contributed by atoms with Crippen molar-refractivity contribution in [3.05, 3.63) is 29.6 Å². The molecule has 0 aliphatic heterocycles. The number of amides is 1. The Labute approximate surface area is 107 Å². The Morgan fingerprint density at radius 2 is 2.28 bits per heavy atom. The highest BCUT2D eigenvalue weighted by Gasteiger charge is 2.05. The van der Waals surface area contributed by atoms with Crippen molar-refractivity contribution in [3.8, 4) is 11.8 Å². The predicted octanol–water partition coefficient (Wildman–Crippen LogP) is -0.317. The summed E-state index contributed by atoms with van der Waals surface area (Å²) in [7, 11) is 3.91. The smallest absolute Gasteiger partial charge is 0.252 e. The largest absolute Gasteiger partial charge is 0.351 e. The van der Waals surface area contributed by atoms with Crippen molar-refractivity contribution in [1.82, 2.24) is 15.2 Å². The Kier molecular flexibility index (Phi) is 5.85. The molecule has 5 heteroatoms. The van der Waals surface area contributed by atoms with Gasteiger partial charge in [0.1, 0.15) is 0 Å². The zero-order valence-electron chi connectivity index (χ0n) is 10.7. The highest BCUT2D eigenvalue weighted by atomic mass is 16.1. The number of rotatable bonds is 4. The molecule has 0 aliphatic rings. The van der Waals surface area contributed by atoms with Crippen LogP contribution >= 0.6 is 0 Å². The molecule has 0 radical (unpaired) electrons. The van der Waals surface area contributed by atoms with Gasteiger partial charge in [0.15, 0.2) is 0 Å². The lowest BCUT2D eigenvalue weighted by Gasteiger charge is -2.10. The summed E-state index contributed by atoms with van der Waals surface area (Å²) >= 11 is 0. The first-order valence-corrected chi connectivity index (χ1v) is 5.70. The Bertz CT molecular complexity index is 460. The molecule has 3 N–H and O–H groups in total. The number of carbonyl (C=O) groups is 1. The van der Waals surface area contributed by atoms with Gasteiger partial charge in [-0.2, -0.15) is 0 Å². The van der Waals surface area contributed by atoms with Gasteiger partial charge in [0.05, 0.1) is 12.1 Å². The summed E-state index contributed by atoms with van der Waals surface area (Å²) in [5, 5.41) is 2.82. The Balaban J connectivity index is 2.62. The SMILES string of the molecule is CN(C)CCNC(=O)c1cncc(C#CCN)c1. The van der Waals surface area contributed by atoms with E-state index in [1.165, 1.54) is 6.20 Å². The first-order chi connectivity index (χ1) is 8.63. The minimum absolute atomic E-state index is 0.138. The van der Waals surface area contributed by atoms with Gasteiger partial charge >= 0.3 is 0 Å². The first-order valence-electron chi connectivity index (χ1n) is 5.70. The zero-order valence-corrected chi connectivity index (χ0v) is 10.7. The first kappa shape index (κ1) is 14.2. The van der Waals surface area contributed by atoms with Crippen LogP contribution in [-0.4, -0.2) is 49.5 Å². The lowest BCUT2D eigenvalue weighted by molar-refractivity contribution is 0.0950. The Morgan fingerprint density at radius 1 is 1.50 bits per heavy atom.